The van der Waals surface area contributed by atoms with Crippen molar-refractivity contribution in [2.24, 2.45) is 10.9 Å². The lowest BCUT2D eigenvalue weighted by Crippen LogP contribution is -2.11. The maximum absolute atomic E-state index is 6.37. The third-order valence-corrected chi connectivity index (χ3v) is 4.34. The summed E-state index contributed by atoms with van der Waals surface area (Å²) in [5.41, 5.74) is 1.25. The van der Waals surface area contributed by atoms with Gasteiger partial charge in [-0.25, -0.2) is 4.99 Å². The number of ether oxygens (including phenoxy) is 1. The van der Waals surface area contributed by atoms with E-state index in [0.717, 1.165) is 11.3 Å². The number of alkyl halides is 1. The van der Waals surface area contributed by atoms with E-state index in [1.165, 1.54) is 5.56 Å². The molecule has 19 heavy (non-hydrogen) atoms. The summed E-state index contributed by atoms with van der Waals surface area (Å²) in [6, 6.07) is 8.61. The lowest BCUT2D eigenvalue weighted by Gasteiger charge is -2.08. The van der Waals surface area contributed by atoms with Crippen LogP contribution in [0.15, 0.2) is 34.2 Å². The van der Waals surface area contributed by atoms with Gasteiger partial charge in [-0.2, -0.15) is 0 Å². The van der Waals surface area contributed by atoms with E-state index >= 15 is 0 Å². The van der Waals surface area contributed by atoms with Crippen molar-refractivity contribution >= 4 is 29.3 Å². The Balaban J connectivity index is 1.93. The number of rotatable bonds is 5. The highest BCUT2D eigenvalue weighted by atomic mass is 35.5. The number of hydrogen-bond acceptors (Lipinski definition) is 3. The van der Waals surface area contributed by atoms with Crippen molar-refractivity contribution in [3.63, 3.8) is 0 Å². The van der Waals surface area contributed by atoms with Gasteiger partial charge < -0.3 is 4.74 Å². The van der Waals surface area contributed by atoms with Crippen molar-refractivity contribution in [3.8, 4) is 0 Å². The van der Waals surface area contributed by atoms with Gasteiger partial charge >= 0.3 is 0 Å². The molecule has 0 radical (unpaired) electrons. The Labute approximate surface area is 124 Å². The largest absolute Gasteiger partial charge is 0.477 e. The Kier molecular flexibility index (Phi) is 5.17. The quantitative estimate of drug-likeness (QED) is 0.590. The van der Waals surface area contributed by atoms with E-state index in [9.17, 15) is 0 Å². The van der Waals surface area contributed by atoms with Crippen molar-refractivity contribution in [2.45, 2.75) is 42.8 Å². The van der Waals surface area contributed by atoms with E-state index in [2.05, 4.69) is 50.0 Å². The predicted octanol–water partition coefficient (Wildman–Crippen LogP) is 4.50. The lowest BCUT2D eigenvalue weighted by atomic mass is 10.1. The van der Waals surface area contributed by atoms with E-state index in [4.69, 9.17) is 16.3 Å². The normalized spacial score (nSPS) is 20.3. The molecule has 1 aliphatic rings. The van der Waals surface area contributed by atoms with Crippen LogP contribution in [-0.4, -0.2) is 23.3 Å². The molecule has 0 N–H and O–H groups in total. The average Bonchev–Trinajstić information content (AvgIpc) is 2.80. The second kappa shape index (κ2) is 6.67. The van der Waals surface area contributed by atoms with E-state index in [1.54, 1.807) is 11.8 Å². The van der Waals surface area contributed by atoms with Crippen LogP contribution >= 0.6 is 23.4 Å². The summed E-state index contributed by atoms with van der Waals surface area (Å²) < 4.78 is 5.39. The molecule has 0 spiro atoms. The van der Waals surface area contributed by atoms with Crippen LogP contribution in [0.1, 0.15) is 25.8 Å². The van der Waals surface area contributed by atoms with Crippen molar-refractivity contribution in [2.75, 3.05) is 6.61 Å². The second-order valence-corrected chi connectivity index (χ2v) is 7.18. The fraction of sp³-hybridized carbons (Fsp3) is 0.533. The van der Waals surface area contributed by atoms with Crippen molar-refractivity contribution in [3.05, 3.63) is 29.8 Å². The summed E-state index contributed by atoms with van der Waals surface area (Å²) in [5, 5.41) is 0. The number of aliphatic imine (C=N–C) groups is 1. The van der Waals surface area contributed by atoms with E-state index in [0.29, 0.717) is 18.4 Å². The maximum atomic E-state index is 6.37. The third kappa shape index (κ3) is 4.43. The molecule has 0 bridgehead atoms. The first-order chi connectivity index (χ1) is 9.04. The highest BCUT2D eigenvalue weighted by Crippen LogP contribution is 2.29. The Morgan fingerprint density at radius 3 is 2.68 bits per heavy atom. The van der Waals surface area contributed by atoms with Gasteiger partial charge in [0.05, 0.1) is 6.04 Å². The van der Waals surface area contributed by atoms with Gasteiger partial charge in [0.1, 0.15) is 6.61 Å². The molecule has 0 saturated heterocycles. The molecule has 2 nitrogen and oxygen atoms in total. The Bertz CT molecular complexity index is 444. The van der Waals surface area contributed by atoms with Crippen LogP contribution in [0.25, 0.3) is 0 Å². The molecule has 2 rings (SSSR count). The molecule has 0 aliphatic carbocycles. The summed E-state index contributed by atoms with van der Waals surface area (Å²) in [6.45, 7) is 7.15. The summed E-state index contributed by atoms with van der Waals surface area (Å²) >= 11 is 7.95. The summed E-state index contributed by atoms with van der Waals surface area (Å²) in [7, 11) is 0. The molecule has 1 aromatic rings. The van der Waals surface area contributed by atoms with E-state index in [1.807, 2.05) is 0 Å². The average molecular weight is 298 g/mol. The molecule has 4 heteroatoms. The number of hydrogen-bond donors (Lipinski definition) is 0. The fourth-order valence-corrected chi connectivity index (χ4v) is 3.20. The monoisotopic (exact) mass is 297 g/mol. The molecular formula is C15H20ClNOS. The molecule has 1 unspecified atom stereocenters. The number of halogens is 1. The molecular weight excluding hydrogens is 278 g/mol. The molecule has 0 saturated carbocycles. The molecule has 0 fully saturated rings. The van der Waals surface area contributed by atoms with Crippen molar-refractivity contribution < 1.29 is 4.74 Å². The first kappa shape index (κ1) is 14.7. The highest BCUT2D eigenvalue weighted by Gasteiger charge is 2.25. The summed E-state index contributed by atoms with van der Waals surface area (Å²) in [4.78, 5) is 5.73. The molecule has 1 heterocycles. The minimum atomic E-state index is -0.236. The van der Waals surface area contributed by atoms with Gasteiger partial charge in [0.15, 0.2) is 4.71 Å². The Hall–Kier alpha value is -0.670. The van der Waals surface area contributed by atoms with Gasteiger partial charge in [0.2, 0.25) is 5.90 Å². The lowest BCUT2D eigenvalue weighted by molar-refractivity contribution is 0.298. The second-order valence-electron chi connectivity index (χ2n) is 5.31. The molecule has 1 aromatic carbocycles. The third-order valence-electron chi connectivity index (χ3n) is 2.93. The number of aryl methyl sites for hydroxylation is 1. The number of thioether (sulfide) groups is 1. The molecule has 1 aliphatic heterocycles. The standard InChI is InChI=1S/C15H20ClNOS/c1-10(2)8-12-9-18-15(17-12)14(16)19-13-6-4-11(3)5-7-13/h4-7,10,12,14H,8-9H2,1-3H3/t12-,14?/m0/s1. The van der Waals surface area contributed by atoms with Crippen LogP contribution in [0.2, 0.25) is 0 Å². The van der Waals surface area contributed by atoms with Crippen LogP contribution in [0, 0.1) is 12.8 Å². The van der Waals surface area contributed by atoms with Crippen LogP contribution in [0.3, 0.4) is 0 Å². The van der Waals surface area contributed by atoms with Gasteiger partial charge in [-0.05, 0) is 31.4 Å². The molecule has 2 atom stereocenters. The summed E-state index contributed by atoms with van der Waals surface area (Å²) in [5.74, 6) is 1.31. The van der Waals surface area contributed by atoms with Crippen molar-refractivity contribution in [1.29, 1.82) is 0 Å². The zero-order chi connectivity index (χ0) is 13.8. The van der Waals surface area contributed by atoms with Gasteiger partial charge in [0, 0.05) is 4.90 Å². The Morgan fingerprint density at radius 1 is 1.37 bits per heavy atom. The molecule has 0 aromatic heterocycles. The zero-order valence-corrected chi connectivity index (χ0v) is 13.2. The first-order valence-electron chi connectivity index (χ1n) is 6.62. The minimum Gasteiger partial charge on any atom is -0.477 e. The van der Waals surface area contributed by atoms with Gasteiger partial charge in [-0.3, -0.25) is 0 Å². The van der Waals surface area contributed by atoms with Crippen molar-refractivity contribution in [1.82, 2.24) is 0 Å². The predicted molar refractivity (Wildman–Crippen MR) is 83.3 cm³/mol. The number of benzene rings is 1. The highest BCUT2D eigenvalue weighted by molar-refractivity contribution is 8.01. The van der Waals surface area contributed by atoms with Gasteiger partial charge in [-0.15, -0.1) is 11.6 Å². The van der Waals surface area contributed by atoms with Gasteiger partial charge in [-0.1, -0.05) is 43.3 Å². The topological polar surface area (TPSA) is 21.6 Å². The maximum Gasteiger partial charge on any atom is 0.213 e. The van der Waals surface area contributed by atoms with Gasteiger partial charge in [0.25, 0.3) is 0 Å². The fourth-order valence-electron chi connectivity index (χ4n) is 2.01. The minimum absolute atomic E-state index is 0.236. The first-order valence-corrected chi connectivity index (χ1v) is 7.94. The SMILES string of the molecule is Cc1ccc(SC(Cl)C2=N[C@@H](CC(C)C)CO2)cc1. The van der Waals surface area contributed by atoms with E-state index < -0.39 is 0 Å². The van der Waals surface area contributed by atoms with Crippen LogP contribution < -0.4 is 0 Å². The smallest absolute Gasteiger partial charge is 0.213 e. The zero-order valence-electron chi connectivity index (χ0n) is 11.6. The Morgan fingerprint density at radius 2 is 2.05 bits per heavy atom. The summed E-state index contributed by atoms with van der Waals surface area (Å²) in [6.07, 6.45) is 1.06. The van der Waals surface area contributed by atoms with Crippen LogP contribution in [0.5, 0.6) is 0 Å². The molecule has 104 valence electrons. The van der Waals surface area contributed by atoms with Crippen LogP contribution in [-0.2, 0) is 4.74 Å². The molecule has 0 amide bonds. The number of nitrogens with zero attached hydrogens (tertiary/aromatic N) is 1. The van der Waals surface area contributed by atoms with E-state index in [-0.39, 0.29) is 10.8 Å². The van der Waals surface area contributed by atoms with Crippen LogP contribution in [0.4, 0.5) is 0 Å².